The van der Waals surface area contributed by atoms with Crippen LogP contribution in [-0.2, 0) is 33.2 Å². The molecule has 3 saturated heterocycles. The minimum absolute atomic E-state index is 0.0328. The molecule has 0 unspecified atom stereocenters. The Morgan fingerprint density at radius 2 is 1.40 bits per heavy atom. The average Bonchev–Trinajstić information content (AvgIpc) is 3.25. The Bertz CT molecular complexity index is 2260. The monoisotopic (exact) mass is 887 g/mol. The fourth-order valence-electron chi connectivity index (χ4n) is 6.93. The van der Waals surface area contributed by atoms with E-state index < -0.39 is 134 Å². The van der Waals surface area contributed by atoms with Gasteiger partial charge in [-0.1, -0.05) is 24.3 Å². The van der Waals surface area contributed by atoms with E-state index in [0.29, 0.717) is 5.56 Å². The van der Waals surface area contributed by atoms with Gasteiger partial charge in [-0.05, 0) is 35.9 Å². The van der Waals surface area contributed by atoms with Crippen LogP contribution in [-0.4, -0.2) is 168 Å². The molecule has 7 rings (SSSR count). The second kappa shape index (κ2) is 19.1. The van der Waals surface area contributed by atoms with E-state index in [1.54, 1.807) is 0 Å². The largest absolute Gasteiger partial charge is 0.872 e. The van der Waals surface area contributed by atoms with Gasteiger partial charge in [0.05, 0.1) is 18.8 Å². The van der Waals surface area contributed by atoms with Crippen molar-refractivity contribution in [2.24, 2.45) is 0 Å². The highest BCUT2D eigenvalue weighted by Gasteiger charge is 2.51. The second-order valence-electron chi connectivity index (χ2n) is 14.9. The smallest absolute Gasteiger partial charge is 0.330 e. The third kappa shape index (κ3) is 10.0. The summed E-state index contributed by atoms with van der Waals surface area (Å²) in [6, 6.07) is 12.1. The topological polar surface area (TPSA) is 357 Å². The summed E-state index contributed by atoms with van der Waals surface area (Å²) in [4.78, 5) is 24.7. The number of ether oxygens (including phenoxy) is 7. The van der Waals surface area contributed by atoms with E-state index in [1.165, 1.54) is 42.5 Å². The number of rotatable bonds is 12. The molecule has 22 heteroatoms. The molecule has 14 atom stereocenters. The maximum Gasteiger partial charge on any atom is 0.330 e. The maximum atomic E-state index is 12.4. The molecule has 0 aromatic heterocycles. The van der Waals surface area contributed by atoms with E-state index in [9.17, 15) is 70.9 Å². The van der Waals surface area contributed by atoms with E-state index in [1.807, 2.05) is 0 Å². The maximum absolute atomic E-state index is 12.4. The molecule has 0 amide bonds. The molecule has 63 heavy (non-hydrogen) atoms. The standard InChI is InChI=1S/C41H44O22/c42-18-5-1-16(2-6-18)3-8-29(48)56-14-27-31(50)33(52)36(55)39(61-27)58-15-28-32(51)34(53)38(63-40-35(54)30(49)24(47)13-57-40)41(62-28)60-26-12-20-22(45)10-19(43)11-25(20)59-37(26)17-4-7-21(44)23(46)9-17/h1-12,24,27-28,30-36,38-42,44-47,49-55H,13-15H2/p-1/t24-,27-,28-,30+,31-,32+,33+,34+,35-,36-,38-,39-,40+,41-/m1/s1. The number of hydrogen-bond acceptors (Lipinski definition) is 22. The Morgan fingerprint density at radius 3 is 2.13 bits per heavy atom. The number of aliphatic hydroxyl groups is 8. The Morgan fingerprint density at radius 1 is 0.714 bits per heavy atom. The minimum atomic E-state index is -2.03. The summed E-state index contributed by atoms with van der Waals surface area (Å²) in [5.41, 5.74) is -0.176. The van der Waals surface area contributed by atoms with Crippen molar-refractivity contribution in [2.75, 3.05) is 19.8 Å². The lowest BCUT2D eigenvalue weighted by atomic mass is 9.97. The summed E-state index contributed by atoms with van der Waals surface area (Å²) in [5, 5.41) is 128. The van der Waals surface area contributed by atoms with E-state index >= 15 is 0 Å². The van der Waals surface area contributed by atoms with E-state index in [-0.39, 0.29) is 34.1 Å². The minimum Gasteiger partial charge on any atom is -0.872 e. The van der Waals surface area contributed by atoms with Crippen molar-refractivity contribution in [1.82, 2.24) is 0 Å². The normalized spacial score (nSPS) is 32.4. The van der Waals surface area contributed by atoms with Gasteiger partial charge in [-0.2, -0.15) is 0 Å². The number of aromatic hydroxyl groups is 3. The van der Waals surface area contributed by atoms with Crippen LogP contribution in [0.1, 0.15) is 5.56 Å². The number of carbonyl (C=O) groups is 1. The molecule has 11 N–H and O–H groups in total. The number of phenols is 3. The van der Waals surface area contributed by atoms with Gasteiger partial charge in [-0.15, -0.1) is 5.75 Å². The van der Waals surface area contributed by atoms with Crippen LogP contribution >= 0.6 is 0 Å². The first-order valence-corrected chi connectivity index (χ1v) is 19.2. The highest BCUT2D eigenvalue weighted by molar-refractivity contribution is 5.87. The fraction of sp³-hybridized carbons (Fsp3) is 0.415. The lowest BCUT2D eigenvalue weighted by Gasteiger charge is -2.45. The summed E-state index contributed by atoms with van der Waals surface area (Å²) in [6.07, 6.45) is -22.8. The van der Waals surface area contributed by atoms with Gasteiger partial charge in [0.1, 0.15) is 79.2 Å². The SMILES string of the molecule is O=C(C=Cc1ccc([O-])cc1)OC[C@H]1O[C@@H](OC[C@H]2O[C@@H](Oc3cc4c(O)cc(=O)cc-4oc3-c3ccc(O)c(O)c3)[C@H](O[C@@H]3OC[C@@H](O)[C@H](O)[C@H]3O)[C@@H](O)[C@H]2O)[C@H](O)[C@@H](O)[C@@H]1O. The molecule has 3 fully saturated rings. The molecule has 4 aliphatic heterocycles. The van der Waals surface area contributed by atoms with E-state index in [4.69, 9.17) is 37.6 Å². The lowest BCUT2D eigenvalue weighted by molar-refractivity contribution is -0.353. The first-order chi connectivity index (χ1) is 30.0. The van der Waals surface area contributed by atoms with Crippen LogP contribution in [0.25, 0.3) is 28.7 Å². The molecule has 0 radical (unpaired) electrons. The summed E-state index contributed by atoms with van der Waals surface area (Å²) in [5.74, 6) is -3.53. The predicted molar refractivity (Wildman–Crippen MR) is 204 cm³/mol. The van der Waals surface area contributed by atoms with Crippen molar-refractivity contribution in [1.29, 1.82) is 0 Å². The van der Waals surface area contributed by atoms with Gasteiger partial charge in [0.2, 0.25) is 6.29 Å². The quantitative estimate of drug-likeness (QED) is 0.0393. The van der Waals surface area contributed by atoms with Crippen LogP contribution in [0.4, 0.5) is 0 Å². The predicted octanol–water partition coefficient (Wildman–Crippen LogP) is -2.67. The van der Waals surface area contributed by atoms with Gasteiger partial charge >= 0.3 is 5.97 Å². The molecular weight excluding hydrogens is 844 g/mol. The zero-order chi connectivity index (χ0) is 45.3. The molecule has 5 aliphatic rings. The van der Waals surface area contributed by atoms with E-state index in [0.717, 1.165) is 30.3 Å². The summed E-state index contributed by atoms with van der Waals surface area (Å²) >= 11 is 0. The van der Waals surface area contributed by atoms with Crippen molar-refractivity contribution in [3.05, 3.63) is 82.5 Å². The number of phenolic OH excluding ortho intramolecular Hbond substituents is 3. The van der Waals surface area contributed by atoms with Crippen molar-refractivity contribution >= 4 is 12.0 Å². The summed E-state index contributed by atoms with van der Waals surface area (Å²) < 4.78 is 45.8. The number of esters is 1. The molecule has 0 spiro atoms. The van der Waals surface area contributed by atoms with Gasteiger partial charge in [0.25, 0.3) is 0 Å². The van der Waals surface area contributed by atoms with Crippen LogP contribution in [0.15, 0.2) is 76.0 Å². The molecule has 2 aromatic carbocycles. The van der Waals surface area contributed by atoms with Crippen molar-refractivity contribution in [3.8, 4) is 51.4 Å². The van der Waals surface area contributed by atoms with Crippen molar-refractivity contribution in [2.45, 2.75) is 86.0 Å². The highest BCUT2D eigenvalue weighted by atomic mass is 16.8. The average molecular weight is 888 g/mol. The molecule has 4 heterocycles. The zero-order valence-corrected chi connectivity index (χ0v) is 32.5. The molecule has 2 aromatic rings. The molecule has 0 bridgehead atoms. The summed E-state index contributed by atoms with van der Waals surface area (Å²) in [7, 11) is 0. The highest BCUT2D eigenvalue weighted by Crippen LogP contribution is 2.43. The lowest BCUT2D eigenvalue weighted by Crippen LogP contribution is -2.64. The van der Waals surface area contributed by atoms with Crippen LogP contribution in [0.2, 0.25) is 0 Å². The number of benzene rings is 3. The Balaban J connectivity index is 1.13. The Kier molecular flexibility index (Phi) is 13.8. The molecule has 0 saturated carbocycles. The van der Waals surface area contributed by atoms with Crippen LogP contribution in [0, 0.1) is 0 Å². The number of aliphatic hydroxyl groups excluding tert-OH is 8. The van der Waals surface area contributed by atoms with Gasteiger partial charge in [-0.25, -0.2) is 4.79 Å². The fourth-order valence-corrected chi connectivity index (χ4v) is 6.93. The molecular formula is C41H43O22-. The third-order valence-electron chi connectivity index (χ3n) is 10.5. The number of fused-ring (bicyclic) bond motifs is 1. The van der Waals surface area contributed by atoms with Crippen molar-refractivity contribution < 1.29 is 104 Å². The second-order valence-corrected chi connectivity index (χ2v) is 14.9. The molecule has 1 aliphatic carbocycles. The van der Waals surface area contributed by atoms with Crippen LogP contribution in [0.3, 0.4) is 0 Å². The first-order valence-electron chi connectivity index (χ1n) is 19.2. The van der Waals surface area contributed by atoms with Crippen LogP contribution < -0.4 is 15.3 Å². The van der Waals surface area contributed by atoms with E-state index in [2.05, 4.69) is 0 Å². The number of carbonyl (C=O) groups excluding carboxylic acids is 1. The summed E-state index contributed by atoms with van der Waals surface area (Å²) in [6.45, 7) is -1.95. The van der Waals surface area contributed by atoms with Crippen LogP contribution in [0.5, 0.6) is 28.7 Å². The third-order valence-corrected chi connectivity index (χ3v) is 10.5. The Hall–Kier alpha value is -5.44. The van der Waals surface area contributed by atoms with Gasteiger partial charge in [-0.3, -0.25) is 4.79 Å². The molecule has 22 nitrogen and oxygen atoms in total. The van der Waals surface area contributed by atoms with Gasteiger partial charge in [0, 0.05) is 23.8 Å². The zero-order valence-electron chi connectivity index (χ0n) is 32.5. The van der Waals surface area contributed by atoms with Gasteiger partial charge < -0.3 is 98.9 Å². The number of hydrogen-bond donors (Lipinski definition) is 11. The van der Waals surface area contributed by atoms with Crippen molar-refractivity contribution in [3.63, 3.8) is 0 Å². The van der Waals surface area contributed by atoms with Gasteiger partial charge in [0.15, 0.2) is 47.1 Å². The first kappa shape index (κ1) is 45.6. The Labute approximate surface area is 355 Å². The molecule has 340 valence electrons.